The number of halogens is 1. The van der Waals surface area contributed by atoms with E-state index in [9.17, 15) is 18.8 Å². The number of benzene rings is 1. The summed E-state index contributed by atoms with van der Waals surface area (Å²) in [6.07, 6.45) is 2.66. The number of nitrogens with one attached hydrogen (secondary N) is 1. The van der Waals surface area contributed by atoms with Crippen molar-refractivity contribution in [3.05, 3.63) is 60.2 Å². The average molecular weight is 426 g/mol. The van der Waals surface area contributed by atoms with Gasteiger partial charge in [-0.25, -0.2) is 4.39 Å². The Kier molecular flexibility index (Phi) is 5.69. The first-order valence-electron chi connectivity index (χ1n) is 10.0. The highest BCUT2D eigenvalue weighted by molar-refractivity contribution is 5.95. The van der Waals surface area contributed by atoms with Gasteiger partial charge in [-0.3, -0.25) is 19.4 Å². The molecule has 2 atom stereocenters. The number of aromatic nitrogens is 1. The largest absolute Gasteiger partial charge is 0.356 e. The number of amides is 3. The standard InChI is InChI=1S/C22H23FN4O4/c1-15(28)27-12-19(20(29)25-18-6-2-5-17(23)10-18)31-22(14-27)7-9-26(13-22)21(30)16-4-3-8-24-11-16/h2-6,8,10-11,19H,7,9,12-14H2,1H3,(H,25,29)/t19-,22-/m1/s1. The summed E-state index contributed by atoms with van der Waals surface area (Å²) < 4.78 is 19.6. The van der Waals surface area contributed by atoms with E-state index >= 15 is 0 Å². The van der Waals surface area contributed by atoms with Gasteiger partial charge in [-0.1, -0.05) is 6.07 Å². The lowest BCUT2D eigenvalue weighted by atomic mass is 9.98. The summed E-state index contributed by atoms with van der Waals surface area (Å²) in [5.41, 5.74) is -0.0623. The molecule has 2 aliphatic heterocycles. The van der Waals surface area contributed by atoms with E-state index in [1.807, 2.05) is 0 Å². The molecule has 1 aromatic heterocycles. The van der Waals surface area contributed by atoms with Crippen LogP contribution in [0, 0.1) is 5.82 Å². The number of morpholine rings is 1. The van der Waals surface area contributed by atoms with Gasteiger partial charge in [0.2, 0.25) is 5.91 Å². The molecule has 0 aliphatic carbocycles. The van der Waals surface area contributed by atoms with Crippen molar-refractivity contribution in [2.45, 2.75) is 25.0 Å². The second-order valence-corrected chi connectivity index (χ2v) is 7.91. The van der Waals surface area contributed by atoms with Gasteiger partial charge in [-0.15, -0.1) is 0 Å². The van der Waals surface area contributed by atoms with Crippen molar-refractivity contribution >= 4 is 23.4 Å². The number of carbonyl (C=O) groups is 3. The van der Waals surface area contributed by atoms with Crippen molar-refractivity contribution in [2.75, 3.05) is 31.5 Å². The monoisotopic (exact) mass is 426 g/mol. The highest BCUT2D eigenvalue weighted by Crippen LogP contribution is 2.33. The summed E-state index contributed by atoms with van der Waals surface area (Å²) >= 11 is 0. The van der Waals surface area contributed by atoms with Crippen LogP contribution in [0.1, 0.15) is 23.7 Å². The summed E-state index contributed by atoms with van der Waals surface area (Å²) in [7, 11) is 0. The fourth-order valence-electron chi connectivity index (χ4n) is 4.07. The van der Waals surface area contributed by atoms with E-state index in [0.29, 0.717) is 30.8 Å². The zero-order chi connectivity index (χ0) is 22.0. The van der Waals surface area contributed by atoms with Crippen molar-refractivity contribution in [2.24, 2.45) is 0 Å². The maximum Gasteiger partial charge on any atom is 0.255 e. The molecule has 31 heavy (non-hydrogen) atoms. The molecule has 0 radical (unpaired) electrons. The Hall–Kier alpha value is -3.33. The quantitative estimate of drug-likeness (QED) is 0.807. The van der Waals surface area contributed by atoms with Crippen molar-refractivity contribution in [1.29, 1.82) is 0 Å². The first-order chi connectivity index (χ1) is 14.8. The highest BCUT2D eigenvalue weighted by atomic mass is 19.1. The Labute approximate surface area is 179 Å². The average Bonchev–Trinajstić information content (AvgIpc) is 3.16. The maximum atomic E-state index is 13.4. The van der Waals surface area contributed by atoms with E-state index < -0.39 is 23.4 Å². The van der Waals surface area contributed by atoms with E-state index in [1.165, 1.54) is 31.3 Å². The Morgan fingerprint density at radius 1 is 1.19 bits per heavy atom. The molecule has 162 valence electrons. The summed E-state index contributed by atoms with van der Waals surface area (Å²) in [4.78, 5) is 45.0. The van der Waals surface area contributed by atoms with Gasteiger partial charge in [0.1, 0.15) is 11.4 Å². The number of hydrogen-bond donors (Lipinski definition) is 1. The molecule has 0 unspecified atom stereocenters. The van der Waals surface area contributed by atoms with Gasteiger partial charge in [0.05, 0.1) is 25.2 Å². The lowest BCUT2D eigenvalue weighted by Gasteiger charge is -2.43. The second-order valence-electron chi connectivity index (χ2n) is 7.91. The predicted octanol–water partition coefficient (Wildman–Crippen LogP) is 1.69. The first-order valence-corrected chi connectivity index (χ1v) is 10.0. The molecule has 2 aromatic rings. The van der Waals surface area contributed by atoms with E-state index in [2.05, 4.69) is 10.3 Å². The van der Waals surface area contributed by atoms with E-state index in [0.717, 1.165) is 0 Å². The van der Waals surface area contributed by atoms with Crippen LogP contribution >= 0.6 is 0 Å². The molecular formula is C22H23FN4O4. The molecule has 2 fully saturated rings. The number of nitrogens with zero attached hydrogens (tertiary/aromatic N) is 3. The minimum atomic E-state index is -0.936. The Bertz CT molecular complexity index is 1000. The van der Waals surface area contributed by atoms with Crippen LogP contribution in [0.3, 0.4) is 0 Å². The van der Waals surface area contributed by atoms with Crippen LogP contribution in [0.4, 0.5) is 10.1 Å². The summed E-state index contributed by atoms with van der Waals surface area (Å²) in [5.74, 6) is -1.28. The Morgan fingerprint density at radius 3 is 2.71 bits per heavy atom. The molecule has 1 aromatic carbocycles. The van der Waals surface area contributed by atoms with Gasteiger partial charge >= 0.3 is 0 Å². The third kappa shape index (κ3) is 4.56. The molecule has 0 saturated carbocycles. The molecule has 3 amide bonds. The molecule has 9 heteroatoms. The van der Waals surface area contributed by atoms with Crippen LogP contribution in [0.15, 0.2) is 48.8 Å². The molecule has 3 heterocycles. The molecule has 2 aliphatic rings. The van der Waals surface area contributed by atoms with Crippen LogP contribution in [0.2, 0.25) is 0 Å². The molecule has 2 saturated heterocycles. The Morgan fingerprint density at radius 2 is 2.00 bits per heavy atom. The van der Waals surface area contributed by atoms with Crippen LogP contribution in [-0.2, 0) is 14.3 Å². The van der Waals surface area contributed by atoms with Crippen LogP contribution in [0.25, 0.3) is 0 Å². The van der Waals surface area contributed by atoms with Crippen molar-refractivity contribution in [3.8, 4) is 0 Å². The minimum Gasteiger partial charge on any atom is -0.356 e. The fourth-order valence-corrected chi connectivity index (χ4v) is 4.07. The number of hydrogen-bond acceptors (Lipinski definition) is 5. The van der Waals surface area contributed by atoms with Gasteiger partial charge < -0.3 is 19.9 Å². The smallest absolute Gasteiger partial charge is 0.255 e. The minimum absolute atomic E-state index is 0.0920. The van der Waals surface area contributed by atoms with Gasteiger partial charge in [-0.2, -0.15) is 0 Å². The van der Waals surface area contributed by atoms with E-state index in [1.54, 1.807) is 34.2 Å². The Balaban J connectivity index is 1.50. The third-order valence-electron chi connectivity index (χ3n) is 5.60. The van der Waals surface area contributed by atoms with Gasteiger partial charge in [-0.05, 0) is 36.8 Å². The van der Waals surface area contributed by atoms with Crippen molar-refractivity contribution in [1.82, 2.24) is 14.8 Å². The molecule has 0 bridgehead atoms. The fraction of sp³-hybridized carbons (Fsp3) is 0.364. The van der Waals surface area contributed by atoms with Gasteiger partial charge in [0.15, 0.2) is 6.10 Å². The maximum absolute atomic E-state index is 13.4. The zero-order valence-corrected chi connectivity index (χ0v) is 17.1. The van der Waals surface area contributed by atoms with Crippen molar-refractivity contribution < 1.29 is 23.5 Å². The number of carbonyl (C=O) groups excluding carboxylic acids is 3. The first kappa shape index (κ1) is 20.9. The van der Waals surface area contributed by atoms with Gasteiger partial charge in [0, 0.05) is 31.5 Å². The lowest BCUT2D eigenvalue weighted by molar-refractivity contribution is -0.171. The summed E-state index contributed by atoms with van der Waals surface area (Å²) in [6, 6.07) is 8.95. The highest BCUT2D eigenvalue weighted by Gasteiger charge is 2.49. The molecule has 4 rings (SSSR count). The molecule has 8 nitrogen and oxygen atoms in total. The summed E-state index contributed by atoms with van der Waals surface area (Å²) in [5, 5.41) is 2.65. The number of ether oxygens (including phenoxy) is 1. The van der Waals surface area contributed by atoms with Crippen molar-refractivity contribution in [3.63, 3.8) is 0 Å². The normalized spacial score (nSPS) is 23.1. The topological polar surface area (TPSA) is 91.8 Å². The van der Waals surface area contributed by atoms with Gasteiger partial charge in [0.25, 0.3) is 11.8 Å². The third-order valence-corrected chi connectivity index (χ3v) is 5.60. The number of rotatable bonds is 3. The SMILES string of the molecule is CC(=O)N1C[C@H](C(=O)Nc2cccc(F)c2)O[C@@]2(CCN(C(=O)c3cccnc3)C2)C1. The number of pyridine rings is 1. The molecular weight excluding hydrogens is 403 g/mol. The predicted molar refractivity (Wildman–Crippen MR) is 110 cm³/mol. The molecule has 1 spiro atoms. The molecule has 1 N–H and O–H groups in total. The number of anilines is 1. The summed E-state index contributed by atoms with van der Waals surface area (Å²) in [6.45, 7) is 2.53. The zero-order valence-electron chi connectivity index (χ0n) is 17.1. The lowest BCUT2D eigenvalue weighted by Crippen LogP contribution is -2.60. The van der Waals surface area contributed by atoms with Crippen LogP contribution in [-0.4, -0.2) is 70.4 Å². The second kappa shape index (κ2) is 8.43. The number of likely N-dealkylation sites (tertiary alicyclic amines) is 1. The van der Waals surface area contributed by atoms with Crippen LogP contribution in [0.5, 0.6) is 0 Å². The van der Waals surface area contributed by atoms with E-state index in [-0.39, 0.29) is 24.9 Å². The van der Waals surface area contributed by atoms with Crippen LogP contribution < -0.4 is 5.32 Å². The van der Waals surface area contributed by atoms with E-state index in [4.69, 9.17) is 4.74 Å².